The molecule has 31 heavy (non-hydrogen) atoms. The van der Waals surface area contributed by atoms with Crippen LogP contribution in [0.4, 0.5) is 17.1 Å². The Balaban J connectivity index is 1.58. The van der Waals surface area contributed by atoms with E-state index < -0.39 is 0 Å². The molecule has 0 atom stereocenters. The summed E-state index contributed by atoms with van der Waals surface area (Å²) in [7, 11) is 5.80. The van der Waals surface area contributed by atoms with Crippen LogP contribution in [0.3, 0.4) is 0 Å². The summed E-state index contributed by atoms with van der Waals surface area (Å²) in [6.07, 6.45) is 0. The van der Waals surface area contributed by atoms with Gasteiger partial charge in [0.15, 0.2) is 0 Å². The van der Waals surface area contributed by atoms with E-state index in [4.69, 9.17) is 10.5 Å². The Hall–Kier alpha value is -3.31. The highest BCUT2D eigenvalue weighted by molar-refractivity contribution is 8.00. The molecule has 3 N–H and O–H groups in total. The average Bonchev–Trinajstić information content (AvgIpc) is 2.77. The van der Waals surface area contributed by atoms with Crippen molar-refractivity contribution in [2.24, 2.45) is 0 Å². The normalized spacial score (nSPS) is 10.8. The minimum Gasteiger partial charge on any atom is -0.497 e. The van der Waals surface area contributed by atoms with E-state index in [1.807, 2.05) is 18.2 Å². The predicted molar refractivity (Wildman–Crippen MR) is 135 cm³/mol. The number of nitrogens with one attached hydrogen (secondary N) is 1. The molecule has 0 aliphatic rings. The molecule has 5 heteroatoms. The van der Waals surface area contributed by atoms with Gasteiger partial charge < -0.3 is 20.1 Å². The van der Waals surface area contributed by atoms with Crippen LogP contribution in [0.15, 0.2) is 77.7 Å². The van der Waals surface area contributed by atoms with Gasteiger partial charge in [-0.2, -0.15) is 0 Å². The fourth-order valence-corrected chi connectivity index (χ4v) is 4.61. The summed E-state index contributed by atoms with van der Waals surface area (Å²) < 4.78 is 8.79. The van der Waals surface area contributed by atoms with E-state index in [2.05, 4.69) is 85.2 Å². The number of aryl methyl sites for hydroxylation is 1. The fraction of sp³-hybridized carbons (Fsp3) is 0.154. The van der Waals surface area contributed by atoms with E-state index in [9.17, 15) is 0 Å². The molecule has 0 fully saturated rings. The van der Waals surface area contributed by atoms with Crippen molar-refractivity contribution in [2.75, 3.05) is 36.6 Å². The van der Waals surface area contributed by atoms with Gasteiger partial charge >= 0.3 is 0 Å². The van der Waals surface area contributed by atoms with Crippen LogP contribution in [0, 0.1) is 6.92 Å². The highest BCUT2D eigenvalue weighted by Crippen LogP contribution is 2.35. The summed E-state index contributed by atoms with van der Waals surface area (Å²) >= 11 is 1.64. The fourth-order valence-electron chi connectivity index (χ4n) is 3.73. The van der Waals surface area contributed by atoms with Crippen molar-refractivity contribution in [3.8, 4) is 16.9 Å². The van der Waals surface area contributed by atoms with Gasteiger partial charge in [0.2, 0.25) is 0 Å². The van der Waals surface area contributed by atoms with E-state index >= 15 is 0 Å². The molecule has 0 saturated heterocycles. The maximum absolute atomic E-state index is 6.23. The summed E-state index contributed by atoms with van der Waals surface area (Å²) in [5.41, 5.74) is 12.5. The molecular formula is C26H27N3OS. The summed E-state index contributed by atoms with van der Waals surface area (Å²) in [4.78, 5) is 3.35. The molecule has 4 aromatic rings. The van der Waals surface area contributed by atoms with E-state index in [0.29, 0.717) is 5.69 Å². The molecule has 0 radical (unpaired) electrons. The van der Waals surface area contributed by atoms with Crippen LogP contribution in [-0.4, -0.2) is 21.2 Å². The number of fused-ring (bicyclic) bond motifs is 1. The van der Waals surface area contributed by atoms with Crippen molar-refractivity contribution in [1.29, 1.82) is 0 Å². The van der Waals surface area contributed by atoms with E-state index in [1.54, 1.807) is 19.1 Å². The second kappa shape index (κ2) is 8.82. The maximum Gasteiger partial charge on any atom is 0.120 e. The van der Waals surface area contributed by atoms with Crippen LogP contribution in [0.5, 0.6) is 5.75 Å². The van der Waals surface area contributed by atoms with Gasteiger partial charge in [0.25, 0.3) is 0 Å². The third-order valence-corrected chi connectivity index (χ3v) is 6.31. The first-order valence-corrected chi connectivity index (χ1v) is 11.0. The molecule has 4 rings (SSSR count). The van der Waals surface area contributed by atoms with Crippen LogP contribution in [0.25, 0.3) is 21.9 Å². The quantitative estimate of drug-likeness (QED) is 0.267. The molecule has 0 aliphatic heterocycles. The zero-order valence-corrected chi connectivity index (χ0v) is 19.1. The number of hydrogen-bond donors (Lipinski definition) is 2. The lowest BCUT2D eigenvalue weighted by Crippen LogP contribution is -2.08. The number of ether oxygens (including phenoxy) is 1. The van der Waals surface area contributed by atoms with Gasteiger partial charge in [0.1, 0.15) is 5.75 Å². The maximum atomic E-state index is 6.23. The lowest BCUT2D eigenvalue weighted by molar-refractivity contribution is 0.415. The van der Waals surface area contributed by atoms with Crippen LogP contribution in [-0.2, 0) is 0 Å². The first-order chi connectivity index (χ1) is 15.0. The zero-order chi connectivity index (χ0) is 22.0. The largest absolute Gasteiger partial charge is 0.497 e. The Morgan fingerprint density at radius 2 is 1.68 bits per heavy atom. The topological polar surface area (TPSA) is 50.5 Å². The number of nitrogens with two attached hydrogens (primary N) is 1. The van der Waals surface area contributed by atoms with Crippen molar-refractivity contribution in [1.82, 2.24) is 0 Å². The summed E-state index contributed by atoms with van der Waals surface area (Å²) in [5, 5.41) is 2.49. The third kappa shape index (κ3) is 4.28. The SMILES string of the molecule is COc1ccc(-c2ccc(NSc3cccc4c(N(C)C)cccc34)c(C)c2)c(N)c1. The van der Waals surface area contributed by atoms with Crippen molar-refractivity contribution in [3.05, 3.63) is 78.4 Å². The highest BCUT2D eigenvalue weighted by atomic mass is 32.2. The van der Waals surface area contributed by atoms with Crippen LogP contribution >= 0.6 is 11.9 Å². The highest BCUT2D eigenvalue weighted by Gasteiger charge is 2.09. The van der Waals surface area contributed by atoms with Gasteiger partial charge in [-0.05, 0) is 71.8 Å². The molecule has 4 aromatic carbocycles. The second-order valence-electron chi connectivity index (χ2n) is 7.71. The molecule has 0 amide bonds. The van der Waals surface area contributed by atoms with Gasteiger partial charge in [-0.25, -0.2) is 0 Å². The Labute approximate surface area is 188 Å². The minimum absolute atomic E-state index is 0.710. The Morgan fingerprint density at radius 1 is 0.903 bits per heavy atom. The Kier molecular flexibility index (Phi) is 5.96. The van der Waals surface area contributed by atoms with E-state index in [-0.39, 0.29) is 0 Å². The molecule has 4 nitrogen and oxygen atoms in total. The van der Waals surface area contributed by atoms with Crippen LogP contribution in [0.1, 0.15) is 5.56 Å². The Morgan fingerprint density at radius 3 is 2.39 bits per heavy atom. The number of anilines is 3. The first kappa shape index (κ1) is 20.9. The molecule has 0 aliphatic carbocycles. The van der Waals surface area contributed by atoms with Crippen molar-refractivity contribution in [3.63, 3.8) is 0 Å². The van der Waals surface area contributed by atoms with Gasteiger partial charge in [-0.1, -0.05) is 30.3 Å². The average molecular weight is 430 g/mol. The number of methoxy groups -OCH3 is 1. The number of nitrogens with zero attached hydrogens (tertiary/aromatic N) is 1. The number of nitrogen functional groups attached to an aromatic ring is 1. The van der Waals surface area contributed by atoms with Crippen molar-refractivity contribution in [2.45, 2.75) is 11.8 Å². The summed E-state index contributed by atoms with van der Waals surface area (Å²) in [5.74, 6) is 0.764. The molecule has 158 valence electrons. The van der Waals surface area contributed by atoms with Crippen LogP contribution < -0.4 is 20.1 Å². The summed E-state index contributed by atoms with van der Waals surface area (Å²) in [6, 6.07) is 25.0. The third-order valence-electron chi connectivity index (χ3n) is 5.41. The number of rotatable bonds is 6. The van der Waals surface area contributed by atoms with Gasteiger partial charge in [-0.15, -0.1) is 0 Å². The van der Waals surface area contributed by atoms with Gasteiger partial charge in [0.05, 0.1) is 7.11 Å². The number of hydrogen-bond acceptors (Lipinski definition) is 5. The van der Waals surface area contributed by atoms with Crippen molar-refractivity contribution < 1.29 is 4.74 Å². The molecule has 0 saturated carbocycles. The molecular weight excluding hydrogens is 402 g/mol. The Bertz CT molecular complexity index is 1240. The van der Waals surface area contributed by atoms with E-state index in [1.165, 1.54) is 21.4 Å². The van der Waals surface area contributed by atoms with Gasteiger partial charge in [0, 0.05) is 53.1 Å². The van der Waals surface area contributed by atoms with Crippen molar-refractivity contribution >= 4 is 39.8 Å². The van der Waals surface area contributed by atoms with E-state index in [0.717, 1.165) is 28.1 Å². The molecule has 0 spiro atoms. The molecule has 0 heterocycles. The zero-order valence-electron chi connectivity index (χ0n) is 18.3. The van der Waals surface area contributed by atoms with Gasteiger partial charge in [-0.3, -0.25) is 0 Å². The first-order valence-electron chi connectivity index (χ1n) is 10.1. The second-order valence-corrected chi connectivity index (χ2v) is 8.56. The predicted octanol–water partition coefficient (Wildman–Crippen LogP) is 6.59. The lowest BCUT2D eigenvalue weighted by Gasteiger charge is -2.17. The van der Waals surface area contributed by atoms with Crippen LogP contribution in [0.2, 0.25) is 0 Å². The minimum atomic E-state index is 0.710. The smallest absolute Gasteiger partial charge is 0.120 e. The summed E-state index contributed by atoms with van der Waals surface area (Å²) in [6.45, 7) is 2.11. The molecule has 0 aromatic heterocycles. The standard InChI is InChI=1S/C26H27N3OS/c1-17-15-18(20-13-12-19(30-4)16-23(20)27)11-14-24(17)28-31-26-10-6-7-21-22(26)8-5-9-25(21)29(2)3/h5-16,28H,27H2,1-4H3. The monoisotopic (exact) mass is 429 g/mol. The lowest BCUT2D eigenvalue weighted by atomic mass is 10.0. The molecule has 0 bridgehead atoms. The number of benzene rings is 4. The molecule has 0 unspecified atom stereocenters.